The average molecular weight is 335 g/mol. The van der Waals surface area contributed by atoms with Crippen molar-refractivity contribution < 1.29 is 9.53 Å². The van der Waals surface area contributed by atoms with E-state index in [1.165, 1.54) is 0 Å². The molecule has 5 heteroatoms. The molecule has 0 aliphatic rings. The molecular formula is C18H23ClN2O2. The lowest BCUT2D eigenvalue weighted by atomic mass is 10.0. The molecule has 2 rings (SSSR count). The molecule has 0 aromatic heterocycles. The number of carbonyl (C=O) groups excluding carboxylic acids is 1. The molecule has 0 aliphatic carbocycles. The molecule has 124 valence electrons. The van der Waals surface area contributed by atoms with Crippen molar-refractivity contribution in [3.63, 3.8) is 0 Å². The third-order valence-electron chi connectivity index (χ3n) is 3.48. The monoisotopic (exact) mass is 334 g/mol. The van der Waals surface area contributed by atoms with Gasteiger partial charge in [0.05, 0.1) is 13.2 Å². The number of rotatable bonds is 6. The van der Waals surface area contributed by atoms with Crippen LogP contribution < -0.4 is 15.8 Å². The summed E-state index contributed by atoms with van der Waals surface area (Å²) in [7, 11) is 1.65. The number of anilines is 1. The maximum absolute atomic E-state index is 12.0. The Bertz CT molecular complexity index is 646. The van der Waals surface area contributed by atoms with Gasteiger partial charge in [-0.15, -0.1) is 12.4 Å². The Balaban J connectivity index is 0.00000264. The van der Waals surface area contributed by atoms with Crippen LogP contribution in [-0.2, 0) is 4.79 Å². The zero-order valence-electron chi connectivity index (χ0n) is 13.4. The summed E-state index contributed by atoms with van der Waals surface area (Å²) in [5, 5.41) is 2.87. The van der Waals surface area contributed by atoms with E-state index in [4.69, 9.17) is 10.5 Å². The third kappa shape index (κ3) is 4.98. The number of hydrogen-bond donors (Lipinski definition) is 2. The molecule has 0 aliphatic heterocycles. The van der Waals surface area contributed by atoms with Gasteiger partial charge in [0.1, 0.15) is 5.75 Å². The third-order valence-corrected chi connectivity index (χ3v) is 3.48. The first kappa shape index (κ1) is 19.0. The van der Waals surface area contributed by atoms with Crippen molar-refractivity contribution in [2.45, 2.75) is 25.8 Å². The van der Waals surface area contributed by atoms with Crippen molar-refractivity contribution in [2.75, 3.05) is 12.4 Å². The molecule has 2 aromatic rings. The van der Waals surface area contributed by atoms with Crippen molar-refractivity contribution in [3.05, 3.63) is 48.5 Å². The summed E-state index contributed by atoms with van der Waals surface area (Å²) in [6.45, 7) is 2.01. The summed E-state index contributed by atoms with van der Waals surface area (Å²) in [6, 6.07) is 15.0. The molecule has 1 unspecified atom stereocenters. The first-order chi connectivity index (χ1) is 10.7. The van der Waals surface area contributed by atoms with E-state index in [0.29, 0.717) is 6.42 Å². The molecule has 0 saturated carbocycles. The number of benzene rings is 2. The van der Waals surface area contributed by atoms with E-state index >= 15 is 0 Å². The van der Waals surface area contributed by atoms with E-state index in [0.717, 1.165) is 29.0 Å². The Morgan fingerprint density at radius 1 is 1.22 bits per heavy atom. The molecule has 4 nitrogen and oxygen atoms in total. The summed E-state index contributed by atoms with van der Waals surface area (Å²) in [6.07, 6.45) is 1.56. The van der Waals surface area contributed by atoms with Crippen LogP contribution in [0.1, 0.15) is 19.8 Å². The summed E-state index contributed by atoms with van der Waals surface area (Å²) < 4.78 is 5.38. The van der Waals surface area contributed by atoms with E-state index < -0.39 is 6.04 Å². The Hall–Kier alpha value is -2.04. The van der Waals surface area contributed by atoms with Crippen molar-refractivity contribution in [1.29, 1.82) is 0 Å². The second kappa shape index (κ2) is 9.18. The molecule has 0 heterocycles. The maximum Gasteiger partial charge on any atom is 0.241 e. The lowest BCUT2D eigenvalue weighted by Gasteiger charge is -2.13. The molecular weight excluding hydrogens is 312 g/mol. The normalized spacial score (nSPS) is 11.3. The lowest BCUT2D eigenvalue weighted by molar-refractivity contribution is -0.117. The number of amides is 1. The van der Waals surface area contributed by atoms with Crippen molar-refractivity contribution >= 4 is 24.0 Å². The van der Waals surface area contributed by atoms with Gasteiger partial charge in [-0.1, -0.05) is 43.7 Å². The smallest absolute Gasteiger partial charge is 0.241 e. The van der Waals surface area contributed by atoms with Gasteiger partial charge in [0.2, 0.25) is 5.91 Å². The van der Waals surface area contributed by atoms with Crippen LogP contribution in [0.5, 0.6) is 5.75 Å². The molecule has 1 atom stereocenters. The molecule has 0 fully saturated rings. The minimum atomic E-state index is -0.472. The number of nitrogens with two attached hydrogens (primary N) is 1. The highest BCUT2D eigenvalue weighted by atomic mass is 35.5. The van der Waals surface area contributed by atoms with Crippen LogP contribution in [0.2, 0.25) is 0 Å². The highest BCUT2D eigenvalue weighted by molar-refractivity contribution is 5.95. The van der Waals surface area contributed by atoms with E-state index in [2.05, 4.69) is 5.32 Å². The first-order valence-corrected chi connectivity index (χ1v) is 7.45. The minimum absolute atomic E-state index is 0. The van der Waals surface area contributed by atoms with Gasteiger partial charge in [-0.2, -0.15) is 0 Å². The fraction of sp³-hybridized carbons (Fsp3) is 0.278. The van der Waals surface area contributed by atoms with Crippen LogP contribution in [0, 0.1) is 0 Å². The molecule has 1 amide bonds. The fourth-order valence-corrected chi connectivity index (χ4v) is 2.32. The Labute approximate surface area is 143 Å². The van der Waals surface area contributed by atoms with Crippen LogP contribution in [0.15, 0.2) is 48.5 Å². The summed E-state index contributed by atoms with van der Waals surface area (Å²) >= 11 is 0. The molecule has 23 heavy (non-hydrogen) atoms. The molecule has 0 bridgehead atoms. The number of para-hydroxylation sites is 1. The molecule has 0 spiro atoms. The van der Waals surface area contributed by atoms with Gasteiger partial charge in [-0.05, 0) is 30.2 Å². The topological polar surface area (TPSA) is 64.4 Å². The van der Waals surface area contributed by atoms with E-state index in [-0.39, 0.29) is 18.3 Å². The summed E-state index contributed by atoms with van der Waals surface area (Å²) in [4.78, 5) is 12.0. The Morgan fingerprint density at radius 2 is 1.96 bits per heavy atom. The number of carbonyl (C=O) groups is 1. The van der Waals surface area contributed by atoms with Gasteiger partial charge in [0.25, 0.3) is 0 Å². The standard InChI is InChI=1S/C18H22N2O2.ClH/c1-3-7-16(19)18(21)20-14-9-6-8-13(12-14)15-10-4-5-11-17(15)22-2;/h4-6,8-12,16H,3,7,19H2,1-2H3,(H,20,21);1H. The lowest BCUT2D eigenvalue weighted by Crippen LogP contribution is -2.35. The van der Waals surface area contributed by atoms with Crippen molar-refractivity contribution in [2.24, 2.45) is 5.73 Å². The van der Waals surface area contributed by atoms with Gasteiger partial charge < -0.3 is 15.8 Å². The van der Waals surface area contributed by atoms with Gasteiger partial charge in [-0.3, -0.25) is 4.79 Å². The number of hydrogen-bond acceptors (Lipinski definition) is 3. The average Bonchev–Trinajstić information content (AvgIpc) is 2.55. The second-order valence-electron chi connectivity index (χ2n) is 5.17. The van der Waals surface area contributed by atoms with Gasteiger partial charge >= 0.3 is 0 Å². The van der Waals surface area contributed by atoms with E-state index in [1.54, 1.807) is 7.11 Å². The predicted molar refractivity (Wildman–Crippen MR) is 97.2 cm³/mol. The van der Waals surface area contributed by atoms with Crippen LogP contribution >= 0.6 is 12.4 Å². The van der Waals surface area contributed by atoms with E-state index in [9.17, 15) is 4.79 Å². The number of nitrogens with one attached hydrogen (secondary N) is 1. The summed E-state index contributed by atoms with van der Waals surface area (Å²) in [5.74, 6) is 0.646. The minimum Gasteiger partial charge on any atom is -0.496 e. The van der Waals surface area contributed by atoms with Crippen LogP contribution in [0.4, 0.5) is 5.69 Å². The zero-order valence-corrected chi connectivity index (χ0v) is 14.2. The molecule has 3 N–H and O–H groups in total. The quantitative estimate of drug-likeness (QED) is 0.843. The molecule has 0 saturated heterocycles. The van der Waals surface area contributed by atoms with E-state index in [1.807, 2.05) is 55.5 Å². The SMILES string of the molecule is CCCC(N)C(=O)Nc1cccc(-c2ccccc2OC)c1.Cl. The van der Waals surface area contributed by atoms with Crippen LogP contribution in [0.3, 0.4) is 0 Å². The molecule has 2 aromatic carbocycles. The number of ether oxygens (including phenoxy) is 1. The van der Waals surface area contributed by atoms with Crippen molar-refractivity contribution in [1.82, 2.24) is 0 Å². The second-order valence-corrected chi connectivity index (χ2v) is 5.17. The van der Waals surface area contributed by atoms with Gasteiger partial charge in [-0.25, -0.2) is 0 Å². The Morgan fingerprint density at radius 3 is 2.65 bits per heavy atom. The van der Waals surface area contributed by atoms with Crippen molar-refractivity contribution in [3.8, 4) is 16.9 Å². The van der Waals surface area contributed by atoms with Gasteiger partial charge in [0.15, 0.2) is 0 Å². The largest absolute Gasteiger partial charge is 0.496 e. The first-order valence-electron chi connectivity index (χ1n) is 7.45. The number of halogens is 1. The summed E-state index contributed by atoms with van der Waals surface area (Å²) in [5.41, 5.74) is 8.55. The number of methoxy groups -OCH3 is 1. The predicted octanol–water partition coefficient (Wildman–Crippen LogP) is 3.85. The van der Waals surface area contributed by atoms with Crippen LogP contribution in [-0.4, -0.2) is 19.1 Å². The molecule has 0 radical (unpaired) electrons. The van der Waals surface area contributed by atoms with Gasteiger partial charge in [0, 0.05) is 11.3 Å². The zero-order chi connectivity index (χ0) is 15.9. The fourth-order valence-electron chi connectivity index (χ4n) is 2.32. The maximum atomic E-state index is 12.0. The Kier molecular flexibility index (Phi) is 7.59. The highest BCUT2D eigenvalue weighted by Gasteiger charge is 2.13. The van der Waals surface area contributed by atoms with Crippen LogP contribution in [0.25, 0.3) is 11.1 Å². The highest BCUT2D eigenvalue weighted by Crippen LogP contribution is 2.30.